The van der Waals surface area contributed by atoms with Crippen molar-refractivity contribution in [3.8, 4) is 0 Å². The smallest absolute Gasteiger partial charge is 0.309 e. The number of carboxylic acid groups (broad SMARTS) is 1. The van der Waals surface area contributed by atoms with Crippen LogP contribution in [-0.2, 0) is 11.2 Å². The molecule has 0 atom stereocenters. The van der Waals surface area contributed by atoms with Gasteiger partial charge >= 0.3 is 5.97 Å². The molecule has 0 spiro atoms. The predicted octanol–water partition coefficient (Wildman–Crippen LogP) is 1.72. The molecule has 2 aromatic heterocycles. The number of nitrogens with zero attached hydrogens (tertiary/aromatic N) is 2. The highest BCUT2D eigenvalue weighted by Gasteiger charge is 2.07. The van der Waals surface area contributed by atoms with Gasteiger partial charge in [-0.2, -0.15) is 0 Å². The average molecular weight is 255 g/mol. The van der Waals surface area contributed by atoms with E-state index < -0.39 is 5.97 Å². The summed E-state index contributed by atoms with van der Waals surface area (Å²) in [6.07, 6.45) is 1.61. The topological polar surface area (TPSA) is 54.6 Å². The van der Waals surface area contributed by atoms with Crippen LogP contribution >= 0.6 is 15.9 Å². The normalized spacial score (nSPS) is 10.6. The van der Waals surface area contributed by atoms with Crippen molar-refractivity contribution in [2.75, 3.05) is 0 Å². The van der Waals surface area contributed by atoms with Crippen molar-refractivity contribution in [3.63, 3.8) is 0 Å². The van der Waals surface area contributed by atoms with Gasteiger partial charge in [0, 0.05) is 5.69 Å². The van der Waals surface area contributed by atoms with Crippen LogP contribution in [0, 0.1) is 0 Å². The Balaban J connectivity index is 2.59. The van der Waals surface area contributed by atoms with Crippen LogP contribution in [-0.4, -0.2) is 20.5 Å². The molecule has 5 heteroatoms. The van der Waals surface area contributed by atoms with Crippen LogP contribution in [0.25, 0.3) is 5.52 Å². The summed E-state index contributed by atoms with van der Waals surface area (Å²) in [7, 11) is 0. The summed E-state index contributed by atoms with van der Waals surface area (Å²) in [5, 5.41) is 8.69. The number of hydrogen-bond acceptors (Lipinski definition) is 2. The minimum absolute atomic E-state index is 0.000139. The molecule has 0 aliphatic rings. The molecule has 4 nitrogen and oxygen atoms in total. The monoisotopic (exact) mass is 254 g/mol. The van der Waals surface area contributed by atoms with Crippen molar-refractivity contribution >= 4 is 27.4 Å². The maximum Gasteiger partial charge on any atom is 0.309 e. The summed E-state index contributed by atoms with van der Waals surface area (Å²) in [5.74, 6) is -0.845. The van der Waals surface area contributed by atoms with E-state index in [0.29, 0.717) is 5.69 Å². The van der Waals surface area contributed by atoms with Gasteiger partial charge in [0.05, 0.1) is 11.9 Å². The number of carbonyl (C=O) groups is 1. The maximum atomic E-state index is 10.6. The largest absolute Gasteiger partial charge is 0.481 e. The number of hydrogen-bond donors (Lipinski definition) is 1. The Labute approximate surface area is 88.3 Å². The van der Waals surface area contributed by atoms with Crippen molar-refractivity contribution in [3.05, 3.63) is 34.8 Å². The zero-order chi connectivity index (χ0) is 10.1. The van der Waals surface area contributed by atoms with Crippen LogP contribution in [0.2, 0.25) is 0 Å². The lowest BCUT2D eigenvalue weighted by molar-refractivity contribution is -0.136. The lowest BCUT2D eigenvalue weighted by Gasteiger charge is -2.01. The zero-order valence-electron chi connectivity index (χ0n) is 7.14. The minimum atomic E-state index is -0.845. The fraction of sp³-hybridized carbons (Fsp3) is 0.111. The van der Waals surface area contributed by atoms with E-state index in [1.54, 1.807) is 16.8 Å². The second kappa shape index (κ2) is 3.42. The summed E-state index contributed by atoms with van der Waals surface area (Å²) < 4.78 is 2.49. The standard InChI is InChI=1S/C9H7BrN2O2/c10-9-7-3-1-2-6(4-8(13)14)12(7)5-11-9/h1-3,5H,4H2,(H,13,14). The highest BCUT2D eigenvalue weighted by Crippen LogP contribution is 2.17. The van der Waals surface area contributed by atoms with Gasteiger partial charge in [-0.3, -0.25) is 4.79 Å². The van der Waals surface area contributed by atoms with Crippen molar-refractivity contribution < 1.29 is 9.90 Å². The summed E-state index contributed by atoms with van der Waals surface area (Å²) >= 11 is 3.29. The zero-order valence-corrected chi connectivity index (χ0v) is 8.73. The second-order valence-electron chi connectivity index (χ2n) is 2.88. The van der Waals surface area contributed by atoms with Gasteiger partial charge in [0.25, 0.3) is 0 Å². The van der Waals surface area contributed by atoms with E-state index in [2.05, 4.69) is 20.9 Å². The lowest BCUT2D eigenvalue weighted by atomic mass is 10.2. The number of rotatable bonds is 2. The predicted molar refractivity (Wildman–Crippen MR) is 54.2 cm³/mol. The second-order valence-corrected chi connectivity index (χ2v) is 3.63. The minimum Gasteiger partial charge on any atom is -0.481 e. The molecule has 14 heavy (non-hydrogen) atoms. The number of halogens is 1. The number of aliphatic carboxylic acids is 1. The summed E-state index contributed by atoms with van der Waals surface area (Å²) in [4.78, 5) is 14.6. The van der Waals surface area contributed by atoms with E-state index in [9.17, 15) is 4.79 Å². The SMILES string of the molecule is O=C(O)Cc1cccc2c(Br)ncn12. The Morgan fingerprint density at radius 1 is 1.57 bits per heavy atom. The molecule has 2 rings (SSSR count). The molecule has 0 bridgehead atoms. The Bertz CT molecular complexity index is 493. The van der Waals surface area contributed by atoms with Crippen LogP contribution in [0.5, 0.6) is 0 Å². The highest BCUT2D eigenvalue weighted by atomic mass is 79.9. The molecule has 0 aliphatic heterocycles. The van der Waals surface area contributed by atoms with Crippen LogP contribution in [0.1, 0.15) is 5.69 Å². The van der Waals surface area contributed by atoms with Gasteiger partial charge in [0.2, 0.25) is 0 Å². The first-order chi connectivity index (χ1) is 6.68. The van der Waals surface area contributed by atoms with Gasteiger partial charge in [0.1, 0.15) is 10.9 Å². The number of carboxylic acids is 1. The highest BCUT2D eigenvalue weighted by molar-refractivity contribution is 9.10. The van der Waals surface area contributed by atoms with Gasteiger partial charge in [-0.15, -0.1) is 0 Å². The molecule has 0 unspecified atom stereocenters. The van der Waals surface area contributed by atoms with Crippen molar-refractivity contribution in [1.82, 2.24) is 9.38 Å². The van der Waals surface area contributed by atoms with E-state index in [0.717, 1.165) is 10.1 Å². The van der Waals surface area contributed by atoms with Crippen LogP contribution in [0.15, 0.2) is 29.1 Å². The summed E-state index contributed by atoms with van der Waals surface area (Å²) in [5.41, 5.74) is 1.59. The maximum absolute atomic E-state index is 10.6. The molecule has 0 fully saturated rings. The molecule has 0 aliphatic carbocycles. The van der Waals surface area contributed by atoms with Gasteiger partial charge in [0.15, 0.2) is 0 Å². The number of imidazole rings is 1. The van der Waals surface area contributed by atoms with E-state index in [-0.39, 0.29) is 6.42 Å². The molecular weight excluding hydrogens is 248 g/mol. The van der Waals surface area contributed by atoms with Crippen LogP contribution in [0.4, 0.5) is 0 Å². The molecule has 1 N–H and O–H groups in total. The summed E-state index contributed by atoms with van der Waals surface area (Å²) in [6.45, 7) is 0. The van der Waals surface area contributed by atoms with Crippen molar-refractivity contribution in [1.29, 1.82) is 0 Å². The first kappa shape index (κ1) is 9.21. The van der Waals surface area contributed by atoms with Crippen molar-refractivity contribution in [2.24, 2.45) is 0 Å². The van der Waals surface area contributed by atoms with Crippen LogP contribution in [0.3, 0.4) is 0 Å². The first-order valence-electron chi connectivity index (χ1n) is 4.01. The Morgan fingerprint density at radius 2 is 2.36 bits per heavy atom. The van der Waals surface area contributed by atoms with E-state index in [1.807, 2.05) is 12.1 Å². The molecule has 2 heterocycles. The van der Waals surface area contributed by atoms with Gasteiger partial charge in [-0.1, -0.05) is 6.07 Å². The quantitative estimate of drug-likeness (QED) is 0.888. The first-order valence-corrected chi connectivity index (χ1v) is 4.80. The van der Waals surface area contributed by atoms with Crippen molar-refractivity contribution in [2.45, 2.75) is 6.42 Å². The Hall–Kier alpha value is -1.36. The number of pyridine rings is 1. The van der Waals surface area contributed by atoms with E-state index in [1.165, 1.54) is 0 Å². The molecule has 0 saturated heterocycles. The third kappa shape index (κ3) is 1.50. The third-order valence-electron chi connectivity index (χ3n) is 1.94. The Morgan fingerprint density at radius 3 is 3.07 bits per heavy atom. The van der Waals surface area contributed by atoms with Gasteiger partial charge in [-0.25, -0.2) is 4.98 Å². The number of fused-ring (bicyclic) bond motifs is 1. The number of aromatic nitrogens is 2. The van der Waals surface area contributed by atoms with Gasteiger partial charge < -0.3 is 9.51 Å². The van der Waals surface area contributed by atoms with E-state index in [4.69, 9.17) is 5.11 Å². The molecule has 72 valence electrons. The van der Waals surface area contributed by atoms with Crippen LogP contribution < -0.4 is 0 Å². The van der Waals surface area contributed by atoms with E-state index >= 15 is 0 Å². The molecule has 0 saturated carbocycles. The fourth-order valence-corrected chi connectivity index (χ4v) is 1.76. The fourth-order valence-electron chi connectivity index (χ4n) is 1.34. The summed E-state index contributed by atoms with van der Waals surface area (Å²) in [6, 6.07) is 5.47. The third-order valence-corrected chi connectivity index (χ3v) is 2.55. The lowest BCUT2D eigenvalue weighted by Crippen LogP contribution is -2.04. The molecule has 0 amide bonds. The van der Waals surface area contributed by atoms with Gasteiger partial charge in [-0.05, 0) is 28.1 Å². The Kier molecular flexibility index (Phi) is 2.25. The molecule has 2 aromatic rings. The average Bonchev–Trinajstić information content (AvgIpc) is 2.49. The molecule has 0 aromatic carbocycles. The molecular formula is C9H7BrN2O2. The molecule has 0 radical (unpaired) electrons.